The van der Waals surface area contributed by atoms with Gasteiger partial charge in [0.25, 0.3) is 0 Å². The first-order valence-electron chi connectivity index (χ1n) is 6.81. The van der Waals surface area contributed by atoms with Crippen LogP contribution in [0.1, 0.15) is 44.7 Å². The summed E-state index contributed by atoms with van der Waals surface area (Å²) in [6.07, 6.45) is 0.262. The first-order chi connectivity index (χ1) is 9.28. The zero-order chi connectivity index (χ0) is 15.2. The Kier molecular flexibility index (Phi) is 5.74. The van der Waals surface area contributed by atoms with Crippen molar-refractivity contribution in [3.63, 3.8) is 0 Å². The van der Waals surface area contributed by atoms with Crippen LogP contribution in [0, 0.1) is 6.92 Å². The molecule has 0 bridgehead atoms. The van der Waals surface area contributed by atoms with Crippen LogP contribution in [0.3, 0.4) is 0 Å². The van der Waals surface area contributed by atoms with E-state index in [1.165, 1.54) is 0 Å². The van der Waals surface area contributed by atoms with Gasteiger partial charge in [-0.25, -0.2) is 0 Å². The summed E-state index contributed by atoms with van der Waals surface area (Å²) in [4.78, 5) is 23.2. The van der Waals surface area contributed by atoms with Gasteiger partial charge in [0.05, 0.1) is 6.42 Å². The minimum absolute atomic E-state index is 0.108. The molecule has 110 valence electrons. The molecule has 4 nitrogen and oxygen atoms in total. The summed E-state index contributed by atoms with van der Waals surface area (Å²) in [5.41, 5.74) is 1.72. The third-order valence-corrected chi connectivity index (χ3v) is 2.71. The number of amides is 1. The Morgan fingerprint density at radius 3 is 2.40 bits per heavy atom. The average molecular weight is 277 g/mol. The lowest BCUT2D eigenvalue weighted by Crippen LogP contribution is -2.27. The van der Waals surface area contributed by atoms with E-state index >= 15 is 0 Å². The molecule has 1 aromatic carbocycles. The summed E-state index contributed by atoms with van der Waals surface area (Å²) >= 11 is 0. The molecular weight excluding hydrogens is 254 g/mol. The molecule has 0 heterocycles. The van der Waals surface area contributed by atoms with Crippen LogP contribution in [0.5, 0.6) is 0 Å². The number of aryl methyl sites for hydroxylation is 1. The van der Waals surface area contributed by atoms with E-state index in [1.807, 2.05) is 52.0 Å². The zero-order valence-corrected chi connectivity index (χ0v) is 12.7. The van der Waals surface area contributed by atoms with Crippen molar-refractivity contribution in [2.24, 2.45) is 0 Å². The number of carbonyl (C=O) groups is 2. The summed E-state index contributed by atoms with van der Waals surface area (Å²) in [6.45, 7) is 7.91. The molecule has 1 amide bonds. The number of nitrogens with one attached hydrogen (secondary N) is 1. The highest BCUT2D eigenvalue weighted by atomic mass is 16.6. The van der Waals surface area contributed by atoms with E-state index in [0.29, 0.717) is 6.54 Å². The Balaban J connectivity index is 2.31. The van der Waals surface area contributed by atoms with Gasteiger partial charge in [-0.1, -0.05) is 24.3 Å². The van der Waals surface area contributed by atoms with Gasteiger partial charge in [-0.3, -0.25) is 9.59 Å². The van der Waals surface area contributed by atoms with Gasteiger partial charge in [-0.2, -0.15) is 0 Å². The summed E-state index contributed by atoms with van der Waals surface area (Å²) in [5, 5.41) is 2.81. The smallest absolute Gasteiger partial charge is 0.306 e. The van der Waals surface area contributed by atoms with E-state index in [-0.39, 0.29) is 24.7 Å². The van der Waals surface area contributed by atoms with Gasteiger partial charge in [0, 0.05) is 13.0 Å². The molecular formula is C16H23NO3. The maximum Gasteiger partial charge on any atom is 0.306 e. The number of carbonyl (C=O) groups excluding carboxylic acids is 2. The molecule has 0 spiro atoms. The molecule has 20 heavy (non-hydrogen) atoms. The number of benzene rings is 1. The quantitative estimate of drug-likeness (QED) is 0.842. The van der Waals surface area contributed by atoms with Gasteiger partial charge in [0.2, 0.25) is 5.91 Å². The summed E-state index contributed by atoms with van der Waals surface area (Å²) < 4.78 is 5.15. The summed E-state index contributed by atoms with van der Waals surface area (Å²) in [7, 11) is 0. The van der Waals surface area contributed by atoms with Gasteiger partial charge in [0.1, 0.15) is 5.60 Å². The fourth-order valence-corrected chi connectivity index (χ4v) is 1.70. The summed E-state index contributed by atoms with van der Waals surface area (Å²) in [5.74, 6) is -0.484. The fraction of sp³-hybridized carbons (Fsp3) is 0.500. The Morgan fingerprint density at radius 1 is 1.15 bits per heavy atom. The first kappa shape index (κ1) is 16.2. The molecule has 0 aromatic heterocycles. The van der Waals surface area contributed by atoms with Gasteiger partial charge < -0.3 is 10.1 Å². The molecule has 0 aliphatic carbocycles. The van der Waals surface area contributed by atoms with E-state index in [9.17, 15) is 9.59 Å². The first-order valence-corrected chi connectivity index (χ1v) is 6.81. The van der Waals surface area contributed by atoms with Crippen molar-refractivity contribution in [1.29, 1.82) is 0 Å². The number of hydrogen-bond donors (Lipinski definition) is 1. The maximum atomic E-state index is 11.7. The standard InChI is InChI=1S/C16H23NO3/c1-12-7-5-6-8-13(12)11-17-14(18)9-10-15(19)20-16(2,3)4/h5-8H,9-11H2,1-4H3,(H,17,18). The van der Waals surface area contributed by atoms with Crippen LogP contribution in [-0.2, 0) is 20.9 Å². The van der Waals surface area contributed by atoms with E-state index in [1.54, 1.807) is 0 Å². The second-order valence-electron chi connectivity index (χ2n) is 5.79. The molecule has 1 rings (SSSR count). The second-order valence-corrected chi connectivity index (χ2v) is 5.79. The normalized spacial score (nSPS) is 11.0. The molecule has 0 unspecified atom stereocenters. The Labute approximate surface area is 120 Å². The van der Waals surface area contributed by atoms with Crippen LogP contribution in [0.15, 0.2) is 24.3 Å². The minimum Gasteiger partial charge on any atom is -0.460 e. The van der Waals surface area contributed by atoms with E-state index in [2.05, 4.69) is 5.32 Å². The Bertz CT molecular complexity index is 475. The maximum absolute atomic E-state index is 11.7. The van der Waals surface area contributed by atoms with Crippen molar-refractivity contribution < 1.29 is 14.3 Å². The Morgan fingerprint density at radius 2 is 1.80 bits per heavy atom. The number of esters is 1. The fourth-order valence-electron chi connectivity index (χ4n) is 1.70. The highest BCUT2D eigenvalue weighted by molar-refractivity contribution is 5.81. The molecule has 1 aromatic rings. The van der Waals surface area contributed by atoms with Crippen molar-refractivity contribution in [2.75, 3.05) is 0 Å². The highest BCUT2D eigenvalue weighted by Crippen LogP contribution is 2.09. The molecule has 0 aliphatic rings. The van der Waals surface area contributed by atoms with Crippen LogP contribution >= 0.6 is 0 Å². The third kappa shape index (κ3) is 6.36. The van der Waals surface area contributed by atoms with Gasteiger partial charge >= 0.3 is 5.97 Å². The highest BCUT2D eigenvalue weighted by Gasteiger charge is 2.16. The molecule has 0 fully saturated rings. The minimum atomic E-state index is -0.505. The lowest BCUT2D eigenvalue weighted by Gasteiger charge is -2.19. The van der Waals surface area contributed by atoms with E-state index < -0.39 is 5.60 Å². The predicted octanol–water partition coefficient (Wildman–Crippen LogP) is 2.73. The molecule has 0 aliphatic heterocycles. The van der Waals surface area contributed by atoms with Crippen LogP contribution in [0.4, 0.5) is 0 Å². The summed E-state index contributed by atoms with van der Waals surface area (Å²) in [6, 6.07) is 7.88. The van der Waals surface area contributed by atoms with E-state index in [0.717, 1.165) is 11.1 Å². The largest absolute Gasteiger partial charge is 0.460 e. The number of rotatable bonds is 5. The van der Waals surface area contributed by atoms with Crippen molar-refractivity contribution in [2.45, 2.75) is 52.7 Å². The zero-order valence-electron chi connectivity index (χ0n) is 12.7. The third-order valence-electron chi connectivity index (χ3n) is 2.71. The van der Waals surface area contributed by atoms with Gasteiger partial charge in [0.15, 0.2) is 0 Å². The van der Waals surface area contributed by atoms with E-state index in [4.69, 9.17) is 4.74 Å². The lowest BCUT2D eigenvalue weighted by molar-refractivity contribution is -0.155. The van der Waals surface area contributed by atoms with Gasteiger partial charge in [-0.15, -0.1) is 0 Å². The van der Waals surface area contributed by atoms with Crippen LogP contribution in [-0.4, -0.2) is 17.5 Å². The number of hydrogen-bond acceptors (Lipinski definition) is 3. The Hall–Kier alpha value is -1.84. The molecule has 0 saturated carbocycles. The molecule has 0 saturated heterocycles. The average Bonchev–Trinajstić information content (AvgIpc) is 2.33. The molecule has 0 atom stereocenters. The second kappa shape index (κ2) is 7.08. The molecule has 4 heteroatoms. The van der Waals surface area contributed by atoms with Crippen molar-refractivity contribution in [1.82, 2.24) is 5.32 Å². The topological polar surface area (TPSA) is 55.4 Å². The molecule has 0 radical (unpaired) electrons. The molecule has 1 N–H and O–H groups in total. The van der Waals surface area contributed by atoms with Crippen molar-refractivity contribution >= 4 is 11.9 Å². The lowest BCUT2D eigenvalue weighted by atomic mass is 10.1. The van der Waals surface area contributed by atoms with Crippen LogP contribution in [0.25, 0.3) is 0 Å². The monoisotopic (exact) mass is 277 g/mol. The van der Waals surface area contributed by atoms with Crippen molar-refractivity contribution in [3.05, 3.63) is 35.4 Å². The number of ether oxygens (including phenoxy) is 1. The SMILES string of the molecule is Cc1ccccc1CNC(=O)CCC(=O)OC(C)(C)C. The van der Waals surface area contributed by atoms with Gasteiger partial charge in [-0.05, 0) is 38.8 Å². The predicted molar refractivity (Wildman–Crippen MR) is 78.1 cm³/mol. The van der Waals surface area contributed by atoms with Crippen molar-refractivity contribution in [3.8, 4) is 0 Å². The van der Waals surface area contributed by atoms with Crippen LogP contribution < -0.4 is 5.32 Å². The van der Waals surface area contributed by atoms with Crippen LogP contribution in [0.2, 0.25) is 0 Å².